The molecule has 11 heavy (non-hydrogen) atoms. The van der Waals surface area contributed by atoms with Gasteiger partial charge in [0.25, 0.3) is 0 Å². The van der Waals surface area contributed by atoms with E-state index in [0.717, 1.165) is 5.76 Å². The maximum atomic E-state index is 11.2. The van der Waals surface area contributed by atoms with Crippen LogP contribution in [0.3, 0.4) is 0 Å². The summed E-state index contributed by atoms with van der Waals surface area (Å²) < 4.78 is 5.00. The van der Waals surface area contributed by atoms with E-state index in [-0.39, 0.29) is 5.78 Å². The van der Waals surface area contributed by atoms with E-state index in [4.69, 9.17) is 4.42 Å². The first-order valence-corrected chi connectivity index (χ1v) is 4.70. The van der Waals surface area contributed by atoms with E-state index in [0.29, 0.717) is 11.3 Å². The molecule has 0 spiro atoms. The Labute approximate surface area is 70.0 Å². The summed E-state index contributed by atoms with van der Waals surface area (Å²) in [5, 5.41) is 0. The smallest absolute Gasteiger partial charge is 0.175 e. The van der Waals surface area contributed by atoms with E-state index in [1.165, 1.54) is 18.0 Å². The van der Waals surface area contributed by atoms with Gasteiger partial charge < -0.3 is 4.42 Å². The number of Topliss-reactive ketones (excluding diaryl/α,β-unsaturated/α-hetero) is 1. The van der Waals surface area contributed by atoms with E-state index in [1.54, 1.807) is 6.07 Å². The zero-order valence-electron chi connectivity index (χ0n) is 6.59. The molecule has 0 bridgehead atoms. The molecule has 0 aliphatic carbocycles. The molecule has 1 aromatic heterocycles. The monoisotopic (exact) mass is 170 g/mol. The van der Waals surface area contributed by atoms with Crippen molar-refractivity contribution < 1.29 is 9.21 Å². The first-order chi connectivity index (χ1) is 5.24. The van der Waals surface area contributed by atoms with Gasteiger partial charge in [-0.3, -0.25) is 4.79 Å². The molecule has 0 N–H and O–H groups in total. The predicted octanol–water partition coefficient (Wildman–Crippen LogP) is 2.13. The molecule has 60 valence electrons. The maximum Gasteiger partial charge on any atom is 0.175 e. The standard InChI is InChI=1S/C8H10O2S/c1-6-3-7(4-10-6)8(9)5-11-2/h3-4H,5H2,1-2H3. The summed E-state index contributed by atoms with van der Waals surface area (Å²) in [7, 11) is 0. The molecule has 0 saturated heterocycles. The number of hydrogen-bond donors (Lipinski definition) is 0. The minimum absolute atomic E-state index is 0.134. The van der Waals surface area contributed by atoms with Crippen LogP contribution in [0.1, 0.15) is 16.1 Å². The van der Waals surface area contributed by atoms with Gasteiger partial charge in [0.2, 0.25) is 0 Å². The van der Waals surface area contributed by atoms with Crippen LogP contribution in [-0.4, -0.2) is 17.8 Å². The van der Waals surface area contributed by atoms with Gasteiger partial charge in [0.1, 0.15) is 12.0 Å². The van der Waals surface area contributed by atoms with Crippen LogP contribution < -0.4 is 0 Å². The van der Waals surface area contributed by atoms with Crippen molar-refractivity contribution in [2.75, 3.05) is 12.0 Å². The Bertz CT molecular complexity index is 252. The normalized spacial score (nSPS) is 10.0. The van der Waals surface area contributed by atoms with Crippen LogP contribution in [0.15, 0.2) is 16.7 Å². The predicted molar refractivity (Wildman–Crippen MR) is 46.2 cm³/mol. The second-order valence-electron chi connectivity index (χ2n) is 2.30. The highest BCUT2D eigenvalue weighted by atomic mass is 32.2. The average Bonchev–Trinajstić information content (AvgIpc) is 2.36. The highest BCUT2D eigenvalue weighted by Crippen LogP contribution is 2.09. The molecule has 0 radical (unpaired) electrons. The number of aryl methyl sites for hydroxylation is 1. The SMILES string of the molecule is CSCC(=O)c1coc(C)c1. The van der Waals surface area contributed by atoms with Gasteiger partial charge in [0.15, 0.2) is 5.78 Å². The fourth-order valence-corrected chi connectivity index (χ4v) is 1.23. The van der Waals surface area contributed by atoms with E-state index in [2.05, 4.69) is 0 Å². The average molecular weight is 170 g/mol. The number of furan rings is 1. The fourth-order valence-electron chi connectivity index (χ4n) is 0.804. The third-order valence-corrected chi connectivity index (χ3v) is 1.88. The van der Waals surface area contributed by atoms with Crippen LogP contribution in [0.5, 0.6) is 0 Å². The molecule has 0 unspecified atom stereocenters. The van der Waals surface area contributed by atoms with Gasteiger partial charge in [-0.15, -0.1) is 0 Å². The van der Waals surface area contributed by atoms with Gasteiger partial charge in [-0.05, 0) is 19.2 Å². The van der Waals surface area contributed by atoms with Crippen LogP contribution in [0, 0.1) is 6.92 Å². The Kier molecular flexibility index (Phi) is 2.76. The molecule has 0 fully saturated rings. The quantitative estimate of drug-likeness (QED) is 0.651. The lowest BCUT2D eigenvalue weighted by Crippen LogP contribution is -1.99. The first-order valence-electron chi connectivity index (χ1n) is 3.31. The molecule has 1 aromatic rings. The number of hydrogen-bond acceptors (Lipinski definition) is 3. The summed E-state index contributed by atoms with van der Waals surface area (Å²) in [6.07, 6.45) is 3.42. The molecule has 0 saturated carbocycles. The van der Waals surface area contributed by atoms with Gasteiger partial charge in [0, 0.05) is 0 Å². The van der Waals surface area contributed by atoms with E-state index in [1.807, 2.05) is 13.2 Å². The van der Waals surface area contributed by atoms with Crippen LogP contribution >= 0.6 is 11.8 Å². The van der Waals surface area contributed by atoms with Crippen molar-refractivity contribution in [1.29, 1.82) is 0 Å². The Morgan fingerprint density at radius 2 is 2.45 bits per heavy atom. The minimum Gasteiger partial charge on any atom is -0.469 e. The topological polar surface area (TPSA) is 30.2 Å². The molecule has 1 rings (SSSR count). The molecular formula is C8H10O2S. The third-order valence-electron chi connectivity index (χ3n) is 1.33. The molecule has 0 amide bonds. The Morgan fingerprint density at radius 3 is 2.91 bits per heavy atom. The van der Waals surface area contributed by atoms with Crippen molar-refractivity contribution in [2.24, 2.45) is 0 Å². The van der Waals surface area contributed by atoms with Crippen LogP contribution in [0.25, 0.3) is 0 Å². The third kappa shape index (κ3) is 2.12. The second-order valence-corrected chi connectivity index (χ2v) is 3.17. The fraction of sp³-hybridized carbons (Fsp3) is 0.375. The van der Waals surface area contributed by atoms with Gasteiger partial charge in [0.05, 0.1) is 11.3 Å². The summed E-state index contributed by atoms with van der Waals surface area (Å²) in [6, 6.07) is 1.76. The number of thioether (sulfide) groups is 1. The second kappa shape index (κ2) is 3.62. The Morgan fingerprint density at radius 1 is 1.73 bits per heavy atom. The first kappa shape index (κ1) is 8.40. The molecule has 2 nitrogen and oxygen atoms in total. The van der Waals surface area contributed by atoms with Crippen LogP contribution in [0.2, 0.25) is 0 Å². The maximum absolute atomic E-state index is 11.2. The van der Waals surface area contributed by atoms with Gasteiger partial charge in [-0.1, -0.05) is 0 Å². The van der Waals surface area contributed by atoms with Crippen molar-refractivity contribution in [3.63, 3.8) is 0 Å². The van der Waals surface area contributed by atoms with Crippen molar-refractivity contribution >= 4 is 17.5 Å². The van der Waals surface area contributed by atoms with Crippen molar-refractivity contribution in [2.45, 2.75) is 6.92 Å². The number of carbonyl (C=O) groups is 1. The molecule has 0 aliphatic heterocycles. The highest BCUT2D eigenvalue weighted by molar-refractivity contribution is 7.99. The summed E-state index contributed by atoms with van der Waals surface area (Å²) >= 11 is 1.52. The minimum atomic E-state index is 0.134. The summed E-state index contributed by atoms with van der Waals surface area (Å²) in [4.78, 5) is 11.2. The lowest BCUT2D eigenvalue weighted by Gasteiger charge is -1.90. The van der Waals surface area contributed by atoms with E-state index < -0.39 is 0 Å². The van der Waals surface area contributed by atoms with Crippen LogP contribution in [-0.2, 0) is 0 Å². The van der Waals surface area contributed by atoms with Gasteiger partial charge >= 0.3 is 0 Å². The number of rotatable bonds is 3. The molecular weight excluding hydrogens is 160 g/mol. The zero-order valence-corrected chi connectivity index (χ0v) is 7.40. The Balaban J connectivity index is 2.69. The Hall–Kier alpha value is -0.700. The van der Waals surface area contributed by atoms with Crippen molar-refractivity contribution in [3.05, 3.63) is 23.7 Å². The molecule has 3 heteroatoms. The highest BCUT2D eigenvalue weighted by Gasteiger charge is 2.06. The lowest BCUT2D eigenvalue weighted by molar-refractivity contribution is 0.102. The summed E-state index contributed by atoms with van der Waals surface area (Å²) in [5.74, 6) is 1.45. The van der Waals surface area contributed by atoms with Gasteiger partial charge in [-0.2, -0.15) is 11.8 Å². The van der Waals surface area contributed by atoms with Crippen molar-refractivity contribution in [1.82, 2.24) is 0 Å². The molecule has 0 atom stereocenters. The van der Waals surface area contributed by atoms with Gasteiger partial charge in [-0.25, -0.2) is 0 Å². The van der Waals surface area contributed by atoms with Crippen LogP contribution in [0.4, 0.5) is 0 Å². The van der Waals surface area contributed by atoms with E-state index in [9.17, 15) is 4.79 Å². The summed E-state index contributed by atoms with van der Waals surface area (Å²) in [5.41, 5.74) is 0.678. The van der Waals surface area contributed by atoms with Crippen molar-refractivity contribution in [3.8, 4) is 0 Å². The summed E-state index contributed by atoms with van der Waals surface area (Å²) in [6.45, 7) is 1.83. The molecule has 0 aliphatic rings. The number of carbonyl (C=O) groups excluding carboxylic acids is 1. The number of ketones is 1. The lowest BCUT2D eigenvalue weighted by atomic mass is 10.2. The molecule has 1 heterocycles. The largest absolute Gasteiger partial charge is 0.469 e. The zero-order chi connectivity index (χ0) is 8.27. The van der Waals surface area contributed by atoms with E-state index >= 15 is 0 Å². The molecule has 0 aromatic carbocycles.